The van der Waals surface area contributed by atoms with Crippen molar-refractivity contribution in [1.29, 1.82) is 0 Å². The number of thioether (sulfide) groups is 2. The lowest BCUT2D eigenvalue weighted by Gasteiger charge is -2.19. The fourth-order valence-corrected chi connectivity index (χ4v) is 5.23. The van der Waals surface area contributed by atoms with Crippen LogP contribution in [0.4, 0.5) is 0 Å². The van der Waals surface area contributed by atoms with Gasteiger partial charge in [-0.2, -0.15) is 0 Å². The highest BCUT2D eigenvalue weighted by Gasteiger charge is 2.16. The number of hydrogen-bond acceptors (Lipinski definition) is 4. The van der Waals surface area contributed by atoms with Gasteiger partial charge in [0.05, 0.1) is 15.8 Å². The number of aromatic nitrogens is 1. The summed E-state index contributed by atoms with van der Waals surface area (Å²) in [5, 5.41) is 1.16. The molecular formula is C21H24ClNOS2. The monoisotopic (exact) mass is 405 g/mol. The third-order valence-electron chi connectivity index (χ3n) is 3.84. The molecule has 3 aromatic rings. The average Bonchev–Trinajstić information content (AvgIpc) is 2.66. The van der Waals surface area contributed by atoms with Crippen LogP contribution in [0.5, 0.6) is 5.75 Å². The van der Waals surface area contributed by atoms with Crippen molar-refractivity contribution in [3.05, 3.63) is 71.9 Å². The number of benzene rings is 2. The first-order chi connectivity index (χ1) is 12.3. The molecule has 0 radical (unpaired) electrons. The molecule has 0 bridgehead atoms. The maximum absolute atomic E-state index is 6.16. The molecule has 0 N–H and O–H groups in total. The number of fused-ring (bicyclic) bond motifs is 1. The lowest BCUT2D eigenvalue weighted by Crippen LogP contribution is -2.02. The molecule has 0 amide bonds. The number of pyridine rings is 1. The first kappa shape index (κ1) is 20.9. The third-order valence-corrected chi connectivity index (χ3v) is 6.44. The Morgan fingerprint density at radius 3 is 2.35 bits per heavy atom. The van der Waals surface area contributed by atoms with Gasteiger partial charge in [-0.15, -0.1) is 35.9 Å². The molecule has 0 saturated heterocycles. The van der Waals surface area contributed by atoms with Gasteiger partial charge in [0.25, 0.3) is 0 Å². The molecule has 0 saturated carbocycles. The first-order valence-electron chi connectivity index (χ1n) is 8.61. The molecule has 138 valence electrons. The van der Waals surface area contributed by atoms with Crippen LogP contribution in [-0.4, -0.2) is 16.5 Å². The molecule has 1 heterocycles. The van der Waals surface area contributed by atoms with Crippen LogP contribution in [0.2, 0.25) is 0 Å². The van der Waals surface area contributed by atoms with Crippen molar-refractivity contribution < 1.29 is 4.74 Å². The van der Waals surface area contributed by atoms with Gasteiger partial charge in [0.1, 0.15) is 12.4 Å². The van der Waals surface area contributed by atoms with Crippen LogP contribution in [0.15, 0.2) is 60.7 Å². The molecule has 1 aromatic heterocycles. The fraction of sp³-hybridized carbons (Fsp3) is 0.286. The predicted molar refractivity (Wildman–Crippen MR) is 119 cm³/mol. The minimum absolute atomic E-state index is 0. The number of nitrogens with zero attached hydrogens (tertiary/aromatic N) is 1. The van der Waals surface area contributed by atoms with Crippen LogP contribution in [0.3, 0.4) is 0 Å². The fourth-order valence-electron chi connectivity index (χ4n) is 2.68. The zero-order chi connectivity index (χ0) is 17.5. The van der Waals surface area contributed by atoms with Crippen LogP contribution in [0, 0.1) is 0 Å². The van der Waals surface area contributed by atoms with Crippen LogP contribution < -0.4 is 4.74 Å². The van der Waals surface area contributed by atoms with Crippen molar-refractivity contribution in [1.82, 2.24) is 4.98 Å². The van der Waals surface area contributed by atoms with Gasteiger partial charge in [-0.25, -0.2) is 4.98 Å². The van der Waals surface area contributed by atoms with Gasteiger partial charge in [0.2, 0.25) is 0 Å². The summed E-state index contributed by atoms with van der Waals surface area (Å²) in [5.74, 6) is 3.15. The summed E-state index contributed by atoms with van der Waals surface area (Å²) in [4.78, 5) is 4.70. The zero-order valence-electron chi connectivity index (χ0n) is 15.1. The molecule has 26 heavy (non-hydrogen) atoms. The van der Waals surface area contributed by atoms with Gasteiger partial charge >= 0.3 is 0 Å². The quantitative estimate of drug-likeness (QED) is 0.387. The molecule has 0 spiro atoms. The molecule has 0 aliphatic carbocycles. The summed E-state index contributed by atoms with van der Waals surface area (Å²) >= 11 is 3.92. The molecule has 3 rings (SSSR count). The van der Waals surface area contributed by atoms with E-state index in [9.17, 15) is 0 Å². The Kier molecular flexibility index (Phi) is 8.63. The van der Waals surface area contributed by atoms with E-state index < -0.39 is 0 Å². The number of para-hydroxylation sites is 2. The van der Waals surface area contributed by atoms with Crippen molar-refractivity contribution in [3.63, 3.8) is 0 Å². The second-order valence-electron chi connectivity index (χ2n) is 5.56. The van der Waals surface area contributed by atoms with E-state index in [2.05, 4.69) is 44.2 Å². The molecule has 0 aliphatic rings. The van der Waals surface area contributed by atoms with E-state index in [1.807, 2.05) is 53.9 Å². The van der Waals surface area contributed by atoms with Crippen molar-refractivity contribution in [2.75, 3.05) is 11.5 Å². The summed E-state index contributed by atoms with van der Waals surface area (Å²) in [6.07, 6.45) is 0. The highest BCUT2D eigenvalue weighted by atomic mass is 35.5. The number of halogens is 1. The van der Waals surface area contributed by atoms with E-state index in [0.717, 1.165) is 33.9 Å². The van der Waals surface area contributed by atoms with Crippen molar-refractivity contribution in [2.24, 2.45) is 0 Å². The molecule has 0 atom stereocenters. The Bertz CT molecular complexity index is 822. The van der Waals surface area contributed by atoms with Gasteiger partial charge in [-0.3, -0.25) is 0 Å². The summed E-state index contributed by atoms with van der Waals surface area (Å²) in [6.45, 7) is 4.90. The van der Waals surface area contributed by atoms with E-state index in [1.54, 1.807) is 0 Å². The number of hydrogen-bond donors (Lipinski definition) is 0. The molecule has 5 heteroatoms. The summed E-state index contributed by atoms with van der Waals surface area (Å²) in [6, 6.07) is 20.7. The topological polar surface area (TPSA) is 22.1 Å². The molecular weight excluding hydrogens is 382 g/mol. The molecule has 0 fully saturated rings. The van der Waals surface area contributed by atoms with Crippen molar-refractivity contribution in [3.8, 4) is 5.75 Å². The van der Waals surface area contributed by atoms with E-state index in [1.165, 1.54) is 5.56 Å². The standard InChI is InChI=1S/C21H23NOS2.ClH/c1-3-24-21(25-4-2)18-10-6-8-12-20(18)23-15-17-14-13-16-9-5-7-11-19(16)22-17;/h5-14,21H,3-4,15H2,1-2H3;1H. The van der Waals surface area contributed by atoms with Crippen LogP contribution >= 0.6 is 35.9 Å². The van der Waals surface area contributed by atoms with Gasteiger partial charge in [-0.1, -0.05) is 56.3 Å². The number of ether oxygens (including phenoxy) is 1. The van der Waals surface area contributed by atoms with Crippen molar-refractivity contribution in [2.45, 2.75) is 25.0 Å². The summed E-state index contributed by atoms with van der Waals surface area (Å²) < 4.78 is 6.57. The van der Waals surface area contributed by atoms with Crippen molar-refractivity contribution >= 4 is 46.8 Å². The molecule has 2 nitrogen and oxygen atoms in total. The maximum Gasteiger partial charge on any atom is 0.130 e. The van der Waals surface area contributed by atoms with Gasteiger partial charge in [0.15, 0.2) is 0 Å². The first-order valence-corrected chi connectivity index (χ1v) is 10.7. The summed E-state index contributed by atoms with van der Waals surface area (Å²) in [7, 11) is 0. The van der Waals surface area contributed by atoms with Crippen LogP contribution in [0.1, 0.15) is 29.7 Å². The lowest BCUT2D eigenvalue weighted by atomic mass is 10.2. The molecule has 0 aliphatic heterocycles. The Hall–Kier alpha value is -1.36. The van der Waals surface area contributed by atoms with E-state index in [0.29, 0.717) is 11.2 Å². The SMILES string of the molecule is CCSC(SCC)c1ccccc1OCc1ccc2ccccc2n1.Cl. The average molecular weight is 406 g/mol. The van der Waals surface area contributed by atoms with Gasteiger partial charge < -0.3 is 4.74 Å². The van der Waals surface area contributed by atoms with E-state index >= 15 is 0 Å². The second kappa shape index (κ2) is 10.7. The Morgan fingerprint density at radius 2 is 1.58 bits per heavy atom. The predicted octanol–water partition coefficient (Wildman–Crippen LogP) is 6.74. The zero-order valence-corrected chi connectivity index (χ0v) is 17.5. The lowest BCUT2D eigenvalue weighted by molar-refractivity contribution is 0.299. The molecule has 2 aromatic carbocycles. The Labute approximate surface area is 170 Å². The van der Waals surface area contributed by atoms with Crippen LogP contribution in [-0.2, 0) is 6.61 Å². The minimum Gasteiger partial charge on any atom is -0.487 e. The Morgan fingerprint density at radius 1 is 0.885 bits per heavy atom. The highest BCUT2D eigenvalue weighted by molar-refractivity contribution is 8.16. The maximum atomic E-state index is 6.16. The van der Waals surface area contributed by atoms with Crippen LogP contribution in [0.25, 0.3) is 10.9 Å². The van der Waals surface area contributed by atoms with E-state index in [4.69, 9.17) is 9.72 Å². The highest BCUT2D eigenvalue weighted by Crippen LogP contribution is 2.43. The summed E-state index contributed by atoms with van der Waals surface area (Å²) in [5.41, 5.74) is 3.23. The number of rotatable bonds is 8. The minimum atomic E-state index is 0. The third kappa shape index (κ3) is 5.32. The largest absolute Gasteiger partial charge is 0.487 e. The Balaban J connectivity index is 0.00000243. The normalized spacial score (nSPS) is 10.7. The van der Waals surface area contributed by atoms with E-state index in [-0.39, 0.29) is 12.4 Å². The molecule has 0 unspecified atom stereocenters. The smallest absolute Gasteiger partial charge is 0.130 e. The second-order valence-corrected chi connectivity index (χ2v) is 8.63. The van der Waals surface area contributed by atoms with Gasteiger partial charge in [0, 0.05) is 10.9 Å². The van der Waals surface area contributed by atoms with Gasteiger partial charge in [-0.05, 0) is 29.7 Å².